The van der Waals surface area contributed by atoms with Crippen LogP contribution in [0.4, 0.5) is 0 Å². The first-order chi connectivity index (χ1) is 17.5. The fourth-order valence-corrected chi connectivity index (χ4v) is 3.52. The summed E-state index contributed by atoms with van der Waals surface area (Å²) in [4.78, 5) is 25.2. The van der Waals surface area contributed by atoms with Gasteiger partial charge in [-0.25, -0.2) is 4.79 Å². The molecule has 3 aromatic carbocycles. The summed E-state index contributed by atoms with van der Waals surface area (Å²) in [6.45, 7) is 6.74. The fraction of sp³-hybridized carbons (Fsp3) is 0.172. The van der Waals surface area contributed by atoms with Crippen LogP contribution in [0, 0.1) is 6.92 Å². The molecule has 4 rings (SSSR count). The van der Waals surface area contributed by atoms with E-state index < -0.39 is 5.97 Å². The van der Waals surface area contributed by atoms with Crippen molar-refractivity contribution in [3.63, 3.8) is 0 Å². The number of esters is 1. The Morgan fingerprint density at radius 3 is 2.47 bits per heavy atom. The summed E-state index contributed by atoms with van der Waals surface area (Å²) in [7, 11) is 0. The Hall–Kier alpha value is -4.52. The highest BCUT2D eigenvalue weighted by molar-refractivity contribution is 5.89. The third kappa shape index (κ3) is 5.93. The molecule has 0 saturated heterocycles. The molecule has 0 atom stereocenters. The first-order valence-electron chi connectivity index (χ1n) is 11.6. The van der Waals surface area contributed by atoms with Gasteiger partial charge in [-0.05, 0) is 74.4 Å². The van der Waals surface area contributed by atoms with Crippen LogP contribution in [-0.2, 0) is 4.79 Å². The Labute approximate surface area is 208 Å². The molecule has 0 amide bonds. The topological polar surface area (TPSA) is 84.2 Å². The molecule has 7 nitrogen and oxygen atoms in total. The van der Waals surface area contributed by atoms with Gasteiger partial charge in [0.25, 0.3) is 0 Å². The van der Waals surface area contributed by atoms with Crippen LogP contribution < -0.4 is 24.4 Å². The molecule has 0 N–H and O–H groups in total. The molecule has 0 unspecified atom stereocenters. The lowest BCUT2D eigenvalue weighted by Gasteiger charge is -2.11. The van der Waals surface area contributed by atoms with Crippen LogP contribution in [0.25, 0.3) is 17.0 Å². The van der Waals surface area contributed by atoms with E-state index in [1.165, 1.54) is 30.5 Å². The largest absolute Gasteiger partial charge is 0.490 e. The Kier molecular flexibility index (Phi) is 7.70. The predicted molar refractivity (Wildman–Crippen MR) is 137 cm³/mol. The van der Waals surface area contributed by atoms with Crippen molar-refractivity contribution in [2.45, 2.75) is 20.8 Å². The average molecular weight is 487 g/mol. The SMILES string of the molecule is CCOc1ccc(C=CC(=O)Oc2ccc3c(=O)c(Oc4cccc(C)c4)coc3c2)cc1OCC. The molecule has 0 aliphatic rings. The first-order valence-corrected chi connectivity index (χ1v) is 11.6. The van der Waals surface area contributed by atoms with Gasteiger partial charge in [-0.2, -0.15) is 0 Å². The van der Waals surface area contributed by atoms with Gasteiger partial charge >= 0.3 is 5.97 Å². The number of ether oxygens (including phenoxy) is 4. The highest BCUT2D eigenvalue weighted by Gasteiger charge is 2.12. The Bertz CT molecular complexity index is 1470. The van der Waals surface area contributed by atoms with Crippen molar-refractivity contribution in [2.75, 3.05) is 13.2 Å². The van der Waals surface area contributed by atoms with Crippen LogP contribution in [0.3, 0.4) is 0 Å². The van der Waals surface area contributed by atoms with Crippen LogP contribution in [0.1, 0.15) is 25.0 Å². The molecule has 1 heterocycles. The maximum absolute atomic E-state index is 12.8. The van der Waals surface area contributed by atoms with Gasteiger partial charge < -0.3 is 23.4 Å². The van der Waals surface area contributed by atoms with Crippen molar-refractivity contribution >= 4 is 23.0 Å². The van der Waals surface area contributed by atoms with Crippen molar-refractivity contribution in [3.8, 4) is 28.7 Å². The molecule has 0 aliphatic carbocycles. The minimum absolute atomic E-state index is 0.0718. The quantitative estimate of drug-likeness (QED) is 0.156. The maximum Gasteiger partial charge on any atom is 0.336 e. The maximum atomic E-state index is 12.8. The summed E-state index contributed by atoms with van der Waals surface area (Å²) in [5.74, 6) is 1.52. The number of benzene rings is 3. The molecule has 0 saturated carbocycles. The Morgan fingerprint density at radius 1 is 0.889 bits per heavy atom. The molecular weight excluding hydrogens is 460 g/mol. The number of hydrogen-bond donors (Lipinski definition) is 0. The summed E-state index contributed by atoms with van der Waals surface area (Å²) < 4.78 is 27.8. The molecule has 0 spiro atoms. The molecule has 184 valence electrons. The minimum Gasteiger partial charge on any atom is -0.490 e. The standard InChI is InChI=1S/C29H26O7/c1-4-32-24-13-9-20(16-26(24)33-5-2)10-14-28(30)36-22-11-12-23-25(17-22)34-18-27(29(23)31)35-21-8-6-7-19(3)15-21/h6-18H,4-5H2,1-3H3. The van der Waals surface area contributed by atoms with E-state index in [0.717, 1.165) is 11.1 Å². The summed E-state index contributed by atoms with van der Waals surface area (Å²) in [5, 5.41) is 0.313. The van der Waals surface area contributed by atoms with Crippen LogP contribution in [0.15, 0.2) is 82.2 Å². The predicted octanol–water partition coefficient (Wildman–Crippen LogP) is 6.31. The van der Waals surface area contributed by atoms with Crippen LogP contribution in [-0.4, -0.2) is 19.2 Å². The summed E-state index contributed by atoms with van der Waals surface area (Å²) in [6, 6.07) is 17.3. The Morgan fingerprint density at radius 2 is 1.69 bits per heavy atom. The lowest BCUT2D eigenvalue weighted by Crippen LogP contribution is -2.06. The zero-order valence-electron chi connectivity index (χ0n) is 20.3. The second kappa shape index (κ2) is 11.3. The van der Waals surface area contributed by atoms with Crippen molar-refractivity contribution in [1.82, 2.24) is 0 Å². The van der Waals surface area contributed by atoms with Crippen LogP contribution in [0.5, 0.6) is 28.7 Å². The average Bonchev–Trinajstić information content (AvgIpc) is 2.86. The van der Waals surface area contributed by atoms with Gasteiger partial charge in [0.2, 0.25) is 11.2 Å². The van der Waals surface area contributed by atoms with E-state index in [2.05, 4.69) is 0 Å². The lowest BCUT2D eigenvalue weighted by molar-refractivity contribution is -0.128. The second-order valence-electron chi connectivity index (χ2n) is 7.83. The smallest absolute Gasteiger partial charge is 0.336 e. The minimum atomic E-state index is -0.581. The van der Waals surface area contributed by atoms with E-state index in [4.69, 9.17) is 23.4 Å². The van der Waals surface area contributed by atoms with E-state index in [0.29, 0.717) is 35.8 Å². The lowest BCUT2D eigenvalue weighted by atomic mass is 10.2. The second-order valence-corrected chi connectivity index (χ2v) is 7.83. The Balaban J connectivity index is 1.47. The molecule has 0 radical (unpaired) electrons. The van der Waals surface area contributed by atoms with E-state index in [9.17, 15) is 9.59 Å². The van der Waals surface area contributed by atoms with Crippen molar-refractivity contribution < 1.29 is 28.2 Å². The molecule has 0 bridgehead atoms. The van der Waals surface area contributed by atoms with E-state index in [1.54, 1.807) is 24.3 Å². The number of aryl methyl sites for hydroxylation is 1. The summed E-state index contributed by atoms with van der Waals surface area (Å²) >= 11 is 0. The van der Waals surface area contributed by atoms with Crippen LogP contribution >= 0.6 is 0 Å². The van der Waals surface area contributed by atoms with E-state index >= 15 is 0 Å². The number of carbonyl (C=O) groups excluding carboxylic acids is 1. The van der Waals surface area contributed by atoms with Crippen LogP contribution in [0.2, 0.25) is 0 Å². The molecule has 7 heteroatoms. The van der Waals surface area contributed by atoms with Gasteiger partial charge in [0.1, 0.15) is 23.3 Å². The third-order valence-electron chi connectivity index (χ3n) is 5.13. The van der Waals surface area contributed by atoms with E-state index in [-0.39, 0.29) is 22.5 Å². The fourth-order valence-electron chi connectivity index (χ4n) is 3.52. The summed E-state index contributed by atoms with van der Waals surface area (Å²) in [5.41, 5.74) is 1.72. The zero-order valence-corrected chi connectivity index (χ0v) is 20.3. The number of carbonyl (C=O) groups is 1. The molecule has 0 aliphatic heterocycles. The van der Waals surface area contributed by atoms with Gasteiger partial charge in [0, 0.05) is 12.1 Å². The van der Waals surface area contributed by atoms with Crippen molar-refractivity contribution in [2.24, 2.45) is 0 Å². The number of rotatable bonds is 9. The first kappa shape index (κ1) is 24.6. The molecular formula is C29H26O7. The normalized spacial score (nSPS) is 11.0. The third-order valence-corrected chi connectivity index (χ3v) is 5.13. The van der Waals surface area contributed by atoms with Gasteiger partial charge in [0.15, 0.2) is 11.5 Å². The highest BCUT2D eigenvalue weighted by atomic mass is 16.5. The van der Waals surface area contributed by atoms with E-state index in [1.807, 2.05) is 45.0 Å². The van der Waals surface area contributed by atoms with Gasteiger partial charge in [-0.1, -0.05) is 18.2 Å². The molecule has 36 heavy (non-hydrogen) atoms. The summed E-state index contributed by atoms with van der Waals surface area (Å²) in [6.07, 6.45) is 4.18. The van der Waals surface area contributed by atoms with Crippen molar-refractivity contribution in [1.29, 1.82) is 0 Å². The zero-order chi connectivity index (χ0) is 25.5. The van der Waals surface area contributed by atoms with Gasteiger partial charge in [-0.15, -0.1) is 0 Å². The molecule has 1 aromatic heterocycles. The monoisotopic (exact) mass is 486 g/mol. The molecule has 4 aromatic rings. The number of fused-ring (bicyclic) bond motifs is 1. The van der Waals surface area contributed by atoms with Crippen molar-refractivity contribution in [3.05, 3.63) is 94.4 Å². The molecule has 0 fully saturated rings. The highest BCUT2D eigenvalue weighted by Crippen LogP contribution is 2.29. The van der Waals surface area contributed by atoms with Gasteiger partial charge in [-0.3, -0.25) is 4.79 Å². The van der Waals surface area contributed by atoms with Gasteiger partial charge in [0.05, 0.1) is 18.6 Å². The number of hydrogen-bond acceptors (Lipinski definition) is 7.